The van der Waals surface area contributed by atoms with Crippen molar-refractivity contribution in [2.45, 2.75) is 26.7 Å². The zero-order valence-electron chi connectivity index (χ0n) is 8.60. The summed E-state index contributed by atoms with van der Waals surface area (Å²) in [6, 6.07) is 0. The van der Waals surface area contributed by atoms with E-state index < -0.39 is 0 Å². The van der Waals surface area contributed by atoms with E-state index >= 15 is 0 Å². The van der Waals surface area contributed by atoms with E-state index in [9.17, 15) is 9.59 Å². The smallest absolute Gasteiger partial charge is 0.297 e. The van der Waals surface area contributed by atoms with Gasteiger partial charge in [-0.1, -0.05) is 18.6 Å². The predicted molar refractivity (Wildman–Crippen MR) is 54.5 cm³/mol. The SMILES string of the molecule is CC(C=COC=O)=CCCC(C)C=O. The van der Waals surface area contributed by atoms with Gasteiger partial charge >= 0.3 is 0 Å². The van der Waals surface area contributed by atoms with Crippen LogP contribution in [0.4, 0.5) is 0 Å². The summed E-state index contributed by atoms with van der Waals surface area (Å²) in [4.78, 5) is 20.1. The van der Waals surface area contributed by atoms with Crippen molar-refractivity contribution in [3.8, 4) is 0 Å². The number of hydrogen-bond donors (Lipinski definition) is 0. The topological polar surface area (TPSA) is 43.4 Å². The van der Waals surface area contributed by atoms with Crippen LogP contribution in [0.1, 0.15) is 26.7 Å². The second-order valence-corrected chi connectivity index (χ2v) is 3.17. The molecule has 0 aliphatic carbocycles. The fourth-order valence-electron chi connectivity index (χ4n) is 0.889. The van der Waals surface area contributed by atoms with Crippen LogP contribution < -0.4 is 0 Å². The maximum absolute atomic E-state index is 10.3. The number of carbonyl (C=O) groups is 2. The van der Waals surface area contributed by atoms with Crippen molar-refractivity contribution in [3.63, 3.8) is 0 Å². The van der Waals surface area contributed by atoms with Gasteiger partial charge in [-0.05, 0) is 25.8 Å². The van der Waals surface area contributed by atoms with Crippen molar-refractivity contribution in [1.82, 2.24) is 0 Å². The summed E-state index contributed by atoms with van der Waals surface area (Å²) >= 11 is 0. The summed E-state index contributed by atoms with van der Waals surface area (Å²) in [6.07, 6.45) is 7.71. The lowest BCUT2D eigenvalue weighted by Gasteiger charge is -1.99. The molecule has 0 aliphatic heterocycles. The zero-order chi connectivity index (χ0) is 10.8. The van der Waals surface area contributed by atoms with Crippen LogP contribution in [-0.4, -0.2) is 12.8 Å². The Labute approximate surface area is 84.4 Å². The third-order valence-corrected chi connectivity index (χ3v) is 1.79. The lowest BCUT2D eigenvalue weighted by atomic mass is 10.1. The Hall–Kier alpha value is -1.38. The third kappa shape index (κ3) is 7.28. The largest absolute Gasteiger partial charge is 0.437 e. The zero-order valence-corrected chi connectivity index (χ0v) is 8.60. The van der Waals surface area contributed by atoms with Gasteiger partial charge in [0.25, 0.3) is 6.47 Å². The summed E-state index contributed by atoms with van der Waals surface area (Å²) in [7, 11) is 0. The van der Waals surface area contributed by atoms with Gasteiger partial charge in [0.05, 0.1) is 6.26 Å². The van der Waals surface area contributed by atoms with E-state index in [-0.39, 0.29) is 5.92 Å². The Balaban J connectivity index is 3.76. The number of ether oxygens (including phenoxy) is 1. The van der Waals surface area contributed by atoms with Gasteiger partial charge in [0, 0.05) is 5.92 Å². The van der Waals surface area contributed by atoms with Gasteiger partial charge in [-0.3, -0.25) is 4.79 Å². The Kier molecular flexibility index (Phi) is 7.42. The van der Waals surface area contributed by atoms with E-state index in [0.717, 1.165) is 24.7 Å². The minimum Gasteiger partial charge on any atom is -0.437 e. The molecule has 0 bridgehead atoms. The van der Waals surface area contributed by atoms with E-state index in [4.69, 9.17) is 0 Å². The van der Waals surface area contributed by atoms with Crippen LogP contribution >= 0.6 is 0 Å². The molecule has 0 N–H and O–H groups in total. The molecule has 3 nitrogen and oxygen atoms in total. The van der Waals surface area contributed by atoms with Crippen LogP contribution in [-0.2, 0) is 14.3 Å². The van der Waals surface area contributed by atoms with Gasteiger partial charge in [-0.25, -0.2) is 0 Å². The maximum atomic E-state index is 10.3. The molecule has 0 spiro atoms. The Morgan fingerprint density at radius 2 is 2.14 bits per heavy atom. The van der Waals surface area contributed by atoms with Crippen LogP contribution in [0.5, 0.6) is 0 Å². The fraction of sp³-hybridized carbons (Fsp3) is 0.455. The van der Waals surface area contributed by atoms with Crippen molar-refractivity contribution in [3.05, 3.63) is 24.0 Å². The maximum Gasteiger partial charge on any atom is 0.297 e. The van der Waals surface area contributed by atoms with E-state index in [2.05, 4.69) is 4.74 Å². The summed E-state index contributed by atoms with van der Waals surface area (Å²) in [5.41, 5.74) is 1.02. The van der Waals surface area contributed by atoms with Crippen LogP contribution in [0, 0.1) is 5.92 Å². The van der Waals surface area contributed by atoms with Gasteiger partial charge in [-0.15, -0.1) is 0 Å². The molecule has 0 heterocycles. The molecule has 14 heavy (non-hydrogen) atoms. The number of aldehydes is 1. The van der Waals surface area contributed by atoms with Crippen LogP contribution in [0.15, 0.2) is 24.0 Å². The minimum atomic E-state index is 0.106. The molecule has 0 radical (unpaired) electrons. The summed E-state index contributed by atoms with van der Waals surface area (Å²) in [6.45, 7) is 4.18. The molecule has 0 rings (SSSR count). The van der Waals surface area contributed by atoms with Gasteiger partial charge < -0.3 is 9.53 Å². The first-order valence-electron chi connectivity index (χ1n) is 4.58. The average molecular weight is 196 g/mol. The van der Waals surface area contributed by atoms with E-state index in [1.165, 1.54) is 6.26 Å². The summed E-state index contributed by atoms with van der Waals surface area (Å²) in [5.74, 6) is 0.106. The molecule has 0 fully saturated rings. The molecule has 0 saturated heterocycles. The molecule has 0 aromatic heterocycles. The first-order valence-corrected chi connectivity index (χ1v) is 4.58. The molecule has 1 unspecified atom stereocenters. The molecular weight excluding hydrogens is 180 g/mol. The number of carbonyl (C=O) groups excluding carboxylic acids is 2. The first-order chi connectivity index (χ1) is 6.70. The normalized spacial score (nSPS) is 14.0. The third-order valence-electron chi connectivity index (χ3n) is 1.79. The second-order valence-electron chi connectivity index (χ2n) is 3.17. The number of hydrogen-bond acceptors (Lipinski definition) is 3. The number of allylic oxidation sites excluding steroid dienone is 3. The molecule has 0 aliphatic rings. The van der Waals surface area contributed by atoms with Gasteiger partial charge in [-0.2, -0.15) is 0 Å². The highest BCUT2D eigenvalue weighted by Gasteiger charge is 1.96. The van der Waals surface area contributed by atoms with Crippen LogP contribution in [0.25, 0.3) is 0 Å². The van der Waals surface area contributed by atoms with Gasteiger partial charge in [0.2, 0.25) is 0 Å². The molecule has 0 amide bonds. The Bertz CT molecular complexity index is 229. The molecular formula is C11H16O3. The highest BCUT2D eigenvalue weighted by molar-refractivity contribution is 5.52. The van der Waals surface area contributed by atoms with E-state index in [1.807, 2.05) is 19.9 Å². The molecule has 0 aromatic rings. The lowest BCUT2D eigenvalue weighted by Crippen LogP contribution is -1.93. The van der Waals surface area contributed by atoms with Crippen molar-refractivity contribution in [2.75, 3.05) is 0 Å². The molecule has 78 valence electrons. The number of rotatable bonds is 7. The van der Waals surface area contributed by atoms with E-state index in [1.54, 1.807) is 6.08 Å². The summed E-state index contributed by atoms with van der Waals surface area (Å²) in [5, 5.41) is 0. The Morgan fingerprint density at radius 3 is 2.71 bits per heavy atom. The van der Waals surface area contributed by atoms with Crippen molar-refractivity contribution >= 4 is 12.8 Å². The van der Waals surface area contributed by atoms with Gasteiger partial charge in [0.15, 0.2) is 0 Å². The molecule has 0 aromatic carbocycles. The monoisotopic (exact) mass is 196 g/mol. The van der Waals surface area contributed by atoms with Crippen molar-refractivity contribution in [1.29, 1.82) is 0 Å². The highest BCUT2D eigenvalue weighted by atomic mass is 16.5. The summed E-state index contributed by atoms with van der Waals surface area (Å²) < 4.78 is 4.39. The first kappa shape index (κ1) is 12.6. The van der Waals surface area contributed by atoms with Crippen molar-refractivity contribution in [2.24, 2.45) is 5.92 Å². The molecule has 0 saturated carbocycles. The molecule has 3 heteroatoms. The average Bonchev–Trinajstić information content (AvgIpc) is 2.18. The highest BCUT2D eigenvalue weighted by Crippen LogP contribution is 2.05. The quantitative estimate of drug-likeness (QED) is 0.356. The van der Waals surface area contributed by atoms with Crippen molar-refractivity contribution < 1.29 is 14.3 Å². The minimum absolute atomic E-state index is 0.106. The molecule has 1 atom stereocenters. The standard InChI is InChI=1S/C11H16O3/c1-10(6-7-14-9-13)4-3-5-11(2)8-12/h4,6-9,11H,3,5H2,1-2H3. The van der Waals surface area contributed by atoms with Crippen LogP contribution in [0.2, 0.25) is 0 Å². The second kappa shape index (κ2) is 8.23. The fourth-order valence-corrected chi connectivity index (χ4v) is 0.889. The van der Waals surface area contributed by atoms with Gasteiger partial charge in [0.1, 0.15) is 6.29 Å². The lowest BCUT2D eigenvalue weighted by molar-refractivity contribution is -0.123. The Morgan fingerprint density at radius 1 is 1.43 bits per heavy atom. The van der Waals surface area contributed by atoms with Crippen LogP contribution in [0.3, 0.4) is 0 Å². The predicted octanol–water partition coefficient (Wildman–Crippen LogP) is 2.23. The van der Waals surface area contributed by atoms with E-state index in [0.29, 0.717) is 6.47 Å².